The normalized spacial score (nSPS) is 13.2. The second-order valence-electron chi connectivity index (χ2n) is 8.84. The van der Waals surface area contributed by atoms with E-state index >= 15 is 0 Å². The first-order valence-corrected chi connectivity index (χ1v) is 12.4. The molecule has 3 aromatic rings. The topological polar surface area (TPSA) is 87.8 Å². The van der Waals surface area contributed by atoms with E-state index in [0.29, 0.717) is 12.1 Å². The minimum Gasteiger partial charge on any atom is -0.497 e. The van der Waals surface area contributed by atoms with Gasteiger partial charge in [0.1, 0.15) is 11.6 Å². The highest BCUT2D eigenvalue weighted by Gasteiger charge is 2.25. The van der Waals surface area contributed by atoms with Gasteiger partial charge in [-0.2, -0.15) is 0 Å². The van der Waals surface area contributed by atoms with Gasteiger partial charge in [-0.25, -0.2) is 4.98 Å². The molecular weight excluding hydrogens is 436 g/mol. The van der Waals surface area contributed by atoms with Gasteiger partial charge in [-0.1, -0.05) is 13.0 Å². The number of likely N-dealkylation sites (N-methyl/N-ethyl adjacent to an activating group) is 1. The number of aliphatic imine (C=N–C) groups is 1. The first kappa shape index (κ1) is 24.5. The van der Waals surface area contributed by atoms with Crippen molar-refractivity contribution in [1.29, 1.82) is 0 Å². The third-order valence-electron chi connectivity index (χ3n) is 6.07. The zero-order valence-electron chi connectivity index (χ0n) is 20.7. The van der Waals surface area contributed by atoms with Crippen molar-refractivity contribution in [3.8, 4) is 5.75 Å². The first-order chi connectivity index (χ1) is 17.2. The van der Waals surface area contributed by atoms with Crippen LogP contribution in [0.5, 0.6) is 5.75 Å². The number of anilines is 4. The molecule has 1 aliphatic rings. The SMILES string of the molecule is CCNCCNc1cc(C/C=N\c2ccc(N(CC3CC3)c3cccc(OC)c3)cc2N)ccn1. The highest BCUT2D eigenvalue weighted by atomic mass is 16.5. The van der Waals surface area contributed by atoms with Gasteiger partial charge < -0.3 is 26.0 Å². The molecule has 1 aromatic heterocycles. The number of benzene rings is 2. The van der Waals surface area contributed by atoms with Crippen molar-refractivity contribution in [2.75, 3.05) is 49.2 Å². The predicted octanol–water partition coefficient (Wildman–Crippen LogP) is 5.19. The molecule has 0 radical (unpaired) electrons. The van der Waals surface area contributed by atoms with Crippen molar-refractivity contribution in [2.45, 2.75) is 26.2 Å². The summed E-state index contributed by atoms with van der Waals surface area (Å²) in [5.74, 6) is 2.46. The highest BCUT2D eigenvalue weighted by Crippen LogP contribution is 2.38. The highest BCUT2D eigenvalue weighted by molar-refractivity contribution is 5.77. The van der Waals surface area contributed by atoms with Crippen molar-refractivity contribution >= 4 is 34.8 Å². The molecule has 4 N–H and O–H groups in total. The van der Waals surface area contributed by atoms with Gasteiger partial charge in [0.2, 0.25) is 0 Å². The van der Waals surface area contributed by atoms with Crippen molar-refractivity contribution in [3.05, 3.63) is 66.4 Å². The molecule has 0 saturated heterocycles. The van der Waals surface area contributed by atoms with Crippen LogP contribution < -0.4 is 26.0 Å². The van der Waals surface area contributed by atoms with Gasteiger partial charge in [0.25, 0.3) is 0 Å². The zero-order chi connectivity index (χ0) is 24.5. The summed E-state index contributed by atoms with van der Waals surface area (Å²) in [6.45, 7) is 5.80. The average molecular weight is 473 g/mol. The second-order valence-corrected chi connectivity index (χ2v) is 8.84. The number of ether oxygens (including phenoxy) is 1. The van der Waals surface area contributed by atoms with Gasteiger partial charge in [0.15, 0.2) is 0 Å². The summed E-state index contributed by atoms with van der Waals surface area (Å²) in [6, 6.07) is 18.4. The number of hydrogen-bond donors (Lipinski definition) is 3. The summed E-state index contributed by atoms with van der Waals surface area (Å²) in [5.41, 5.74) is 11.2. The fourth-order valence-electron chi connectivity index (χ4n) is 3.93. The maximum Gasteiger partial charge on any atom is 0.126 e. The summed E-state index contributed by atoms with van der Waals surface area (Å²) < 4.78 is 5.44. The average Bonchev–Trinajstić information content (AvgIpc) is 3.71. The Kier molecular flexibility index (Phi) is 8.57. The second kappa shape index (κ2) is 12.2. The van der Waals surface area contributed by atoms with Crippen LogP contribution in [0, 0.1) is 5.92 Å². The molecule has 1 fully saturated rings. The summed E-state index contributed by atoms with van der Waals surface area (Å²) >= 11 is 0. The van der Waals surface area contributed by atoms with Crippen LogP contribution in [-0.2, 0) is 6.42 Å². The van der Waals surface area contributed by atoms with Crippen LogP contribution in [0.2, 0.25) is 0 Å². The van der Waals surface area contributed by atoms with E-state index in [0.717, 1.165) is 66.3 Å². The van der Waals surface area contributed by atoms with Crippen LogP contribution in [-0.4, -0.2) is 44.5 Å². The zero-order valence-corrected chi connectivity index (χ0v) is 20.7. The molecule has 0 atom stereocenters. The van der Waals surface area contributed by atoms with E-state index < -0.39 is 0 Å². The third-order valence-corrected chi connectivity index (χ3v) is 6.07. The molecule has 1 heterocycles. The van der Waals surface area contributed by atoms with Crippen LogP contribution in [0.15, 0.2) is 65.8 Å². The molecule has 0 aliphatic heterocycles. The van der Waals surface area contributed by atoms with Crippen LogP contribution in [0.1, 0.15) is 25.3 Å². The van der Waals surface area contributed by atoms with E-state index in [2.05, 4.69) is 56.7 Å². The van der Waals surface area contributed by atoms with Crippen molar-refractivity contribution in [3.63, 3.8) is 0 Å². The van der Waals surface area contributed by atoms with Crippen molar-refractivity contribution < 1.29 is 4.74 Å². The Morgan fingerprint density at radius 1 is 1.11 bits per heavy atom. The lowest BCUT2D eigenvalue weighted by Crippen LogP contribution is -2.21. The maximum atomic E-state index is 6.43. The standard InChI is InChI=1S/C28H36N6O/c1-3-30-15-16-33-28-17-21(12-14-32-28)11-13-31-27-10-9-24(19-26(27)29)34(20-22-7-8-22)23-5-4-6-25(18-23)35-2/h4-6,9-10,12-14,17-19,22,30H,3,7-8,11,15-16,20,29H2,1-2H3,(H,32,33)/b31-13-. The third kappa shape index (κ3) is 7.20. The van der Waals surface area contributed by atoms with E-state index in [1.54, 1.807) is 7.11 Å². The lowest BCUT2D eigenvalue weighted by Gasteiger charge is -2.26. The fourth-order valence-corrected chi connectivity index (χ4v) is 3.93. The van der Waals surface area contributed by atoms with E-state index in [1.165, 1.54) is 12.8 Å². The molecule has 1 aliphatic carbocycles. The number of pyridine rings is 1. The number of methoxy groups -OCH3 is 1. The molecule has 4 rings (SSSR count). The van der Waals surface area contributed by atoms with E-state index in [-0.39, 0.29) is 0 Å². The maximum absolute atomic E-state index is 6.43. The molecule has 0 amide bonds. The molecular formula is C28H36N6O. The van der Waals surface area contributed by atoms with Crippen LogP contribution in [0.3, 0.4) is 0 Å². The lowest BCUT2D eigenvalue weighted by atomic mass is 10.1. The van der Waals surface area contributed by atoms with Crippen LogP contribution in [0.25, 0.3) is 0 Å². The number of nitrogens with one attached hydrogen (secondary N) is 2. The lowest BCUT2D eigenvalue weighted by molar-refractivity contribution is 0.415. The monoisotopic (exact) mass is 472 g/mol. The number of nitrogens with zero attached hydrogens (tertiary/aromatic N) is 3. The Balaban J connectivity index is 1.42. The smallest absolute Gasteiger partial charge is 0.126 e. The summed E-state index contributed by atoms with van der Waals surface area (Å²) in [7, 11) is 1.70. The van der Waals surface area contributed by atoms with E-state index in [4.69, 9.17) is 10.5 Å². The number of nitrogens with two attached hydrogens (primary N) is 1. The van der Waals surface area contributed by atoms with Gasteiger partial charge in [-0.3, -0.25) is 4.99 Å². The minimum absolute atomic E-state index is 0.669. The van der Waals surface area contributed by atoms with Crippen LogP contribution >= 0.6 is 0 Å². The minimum atomic E-state index is 0.669. The molecule has 184 valence electrons. The largest absolute Gasteiger partial charge is 0.497 e. The predicted molar refractivity (Wildman–Crippen MR) is 147 cm³/mol. The van der Waals surface area contributed by atoms with Gasteiger partial charge >= 0.3 is 0 Å². The number of hydrogen-bond acceptors (Lipinski definition) is 7. The Morgan fingerprint density at radius 2 is 1.97 bits per heavy atom. The van der Waals surface area contributed by atoms with Crippen LogP contribution in [0.4, 0.5) is 28.6 Å². The molecule has 0 unspecified atom stereocenters. The van der Waals surface area contributed by atoms with Crippen molar-refractivity contribution in [1.82, 2.24) is 10.3 Å². The summed E-state index contributed by atoms with van der Waals surface area (Å²) in [4.78, 5) is 11.4. The summed E-state index contributed by atoms with van der Waals surface area (Å²) in [6.07, 6.45) is 7.01. The van der Waals surface area contributed by atoms with Gasteiger partial charge in [-0.15, -0.1) is 0 Å². The molecule has 0 spiro atoms. The Morgan fingerprint density at radius 3 is 2.74 bits per heavy atom. The number of nitrogen functional groups attached to an aromatic ring is 1. The summed E-state index contributed by atoms with van der Waals surface area (Å²) in [5, 5.41) is 6.64. The molecule has 7 nitrogen and oxygen atoms in total. The molecule has 0 bridgehead atoms. The van der Waals surface area contributed by atoms with E-state index in [1.807, 2.05) is 42.7 Å². The van der Waals surface area contributed by atoms with Gasteiger partial charge in [-0.05, 0) is 73.3 Å². The molecule has 1 saturated carbocycles. The molecule has 35 heavy (non-hydrogen) atoms. The Hall–Kier alpha value is -3.58. The quantitative estimate of drug-likeness (QED) is 0.180. The van der Waals surface area contributed by atoms with Crippen molar-refractivity contribution in [2.24, 2.45) is 10.9 Å². The Labute approximate surface area is 208 Å². The number of rotatable bonds is 13. The molecule has 7 heteroatoms. The van der Waals surface area contributed by atoms with Gasteiger partial charge in [0.05, 0.1) is 18.5 Å². The Bertz CT molecular complexity index is 1130. The first-order valence-electron chi connectivity index (χ1n) is 12.4. The fraction of sp³-hybridized carbons (Fsp3) is 0.357. The molecule has 2 aromatic carbocycles. The van der Waals surface area contributed by atoms with Gasteiger partial charge in [0, 0.05) is 55.9 Å². The number of aromatic nitrogens is 1. The van der Waals surface area contributed by atoms with E-state index in [9.17, 15) is 0 Å².